The summed E-state index contributed by atoms with van der Waals surface area (Å²) in [5.41, 5.74) is 6.30. The van der Waals surface area contributed by atoms with Gasteiger partial charge in [0.2, 0.25) is 0 Å². The Morgan fingerprint density at radius 2 is 1.52 bits per heavy atom. The Kier molecular flexibility index (Phi) is 4.91. The van der Waals surface area contributed by atoms with Crippen LogP contribution in [0.3, 0.4) is 0 Å². The van der Waals surface area contributed by atoms with Crippen molar-refractivity contribution in [1.29, 1.82) is 0 Å². The molecule has 1 aliphatic heterocycles. The van der Waals surface area contributed by atoms with Crippen molar-refractivity contribution in [2.45, 2.75) is 104 Å². The summed E-state index contributed by atoms with van der Waals surface area (Å²) in [6, 6.07) is 2.44. The van der Waals surface area contributed by atoms with Crippen molar-refractivity contribution in [2.75, 3.05) is 0 Å². The summed E-state index contributed by atoms with van der Waals surface area (Å²) in [4.78, 5) is 0. The molecule has 0 aromatic heterocycles. The Balaban J connectivity index is 2.85. The summed E-state index contributed by atoms with van der Waals surface area (Å²) in [6.07, 6.45) is 3.80. The van der Waals surface area contributed by atoms with E-state index in [0.717, 1.165) is 0 Å². The van der Waals surface area contributed by atoms with Crippen LogP contribution in [0.15, 0.2) is 6.07 Å². The second kappa shape index (κ2) is 6.15. The largest absolute Gasteiger partial charge is 0.489 e. The molecule has 0 saturated carbocycles. The Morgan fingerprint density at radius 1 is 1.00 bits per heavy atom. The van der Waals surface area contributed by atoms with E-state index in [1.165, 1.54) is 47.3 Å². The first-order chi connectivity index (χ1) is 10.6. The molecular weight excluding hydrogens is 280 g/mol. The maximum absolute atomic E-state index is 6.41. The van der Waals surface area contributed by atoms with Crippen molar-refractivity contribution in [3.63, 3.8) is 0 Å². The number of benzene rings is 1. The van der Waals surface area contributed by atoms with Gasteiger partial charge in [-0.25, -0.2) is 0 Å². The van der Waals surface area contributed by atoms with E-state index in [1.54, 1.807) is 0 Å². The van der Waals surface area contributed by atoms with Gasteiger partial charge in [0.05, 0.1) is 0 Å². The van der Waals surface area contributed by atoms with Gasteiger partial charge in [-0.2, -0.15) is 0 Å². The SMILES string of the molecule is CCC(CC)(CC)c1c(C)c(C(C)(C)C)cc2c1OC(C)C2C. The van der Waals surface area contributed by atoms with Crippen LogP contribution < -0.4 is 4.74 Å². The Bertz CT molecular complexity index is 564. The summed E-state index contributed by atoms with van der Waals surface area (Å²) in [7, 11) is 0. The van der Waals surface area contributed by atoms with Gasteiger partial charge in [-0.1, -0.05) is 54.5 Å². The lowest BCUT2D eigenvalue weighted by Crippen LogP contribution is -2.27. The van der Waals surface area contributed by atoms with E-state index in [0.29, 0.717) is 5.92 Å². The first-order valence-electron chi connectivity index (χ1n) is 9.48. The van der Waals surface area contributed by atoms with E-state index >= 15 is 0 Å². The minimum atomic E-state index is 0.167. The van der Waals surface area contributed by atoms with Crippen molar-refractivity contribution >= 4 is 0 Å². The van der Waals surface area contributed by atoms with Crippen molar-refractivity contribution in [1.82, 2.24) is 0 Å². The van der Waals surface area contributed by atoms with Gasteiger partial charge < -0.3 is 4.74 Å². The van der Waals surface area contributed by atoms with Crippen molar-refractivity contribution in [3.8, 4) is 5.75 Å². The van der Waals surface area contributed by atoms with E-state index < -0.39 is 0 Å². The summed E-state index contributed by atoms with van der Waals surface area (Å²) in [5, 5.41) is 0. The Hall–Kier alpha value is -0.980. The molecule has 23 heavy (non-hydrogen) atoms. The molecular formula is C22H36O. The van der Waals surface area contributed by atoms with Crippen LogP contribution in [0.25, 0.3) is 0 Å². The number of fused-ring (bicyclic) bond motifs is 1. The zero-order chi connectivity index (χ0) is 17.6. The molecule has 0 bridgehead atoms. The second-order valence-corrected chi connectivity index (χ2v) is 8.55. The molecule has 0 radical (unpaired) electrons. The highest BCUT2D eigenvalue weighted by molar-refractivity contribution is 5.58. The molecule has 1 nitrogen and oxygen atoms in total. The van der Waals surface area contributed by atoms with Crippen molar-refractivity contribution < 1.29 is 4.74 Å². The second-order valence-electron chi connectivity index (χ2n) is 8.55. The molecule has 2 rings (SSSR count). The summed E-state index contributed by atoms with van der Waals surface area (Å²) in [5.74, 6) is 1.69. The molecule has 1 aliphatic rings. The molecule has 2 atom stereocenters. The molecule has 0 fully saturated rings. The van der Waals surface area contributed by atoms with E-state index in [9.17, 15) is 0 Å². The van der Waals surface area contributed by atoms with Gasteiger partial charge in [0.25, 0.3) is 0 Å². The Morgan fingerprint density at radius 3 is 1.96 bits per heavy atom. The van der Waals surface area contributed by atoms with Crippen LogP contribution in [0.1, 0.15) is 103 Å². The smallest absolute Gasteiger partial charge is 0.127 e. The van der Waals surface area contributed by atoms with Crippen molar-refractivity contribution in [2.24, 2.45) is 0 Å². The molecule has 1 aromatic carbocycles. The van der Waals surface area contributed by atoms with Crippen LogP contribution in [-0.4, -0.2) is 6.10 Å². The monoisotopic (exact) mass is 316 g/mol. The first-order valence-corrected chi connectivity index (χ1v) is 9.48. The molecule has 2 unspecified atom stereocenters. The number of hydrogen-bond acceptors (Lipinski definition) is 1. The van der Waals surface area contributed by atoms with E-state index in [4.69, 9.17) is 4.74 Å². The minimum absolute atomic E-state index is 0.167. The molecule has 0 aliphatic carbocycles. The van der Waals surface area contributed by atoms with Crippen molar-refractivity contribution in [3.05, 3.63) is 28.3 Å². The van der Waals surface area contributed by atoms with E-state index in [2.05, 4.69) is 68.4 Å². The average molecular weight is 317 g/mol. The van der Waals surface area contributed by atoms with Crippen LogP contribution >= 0.6 is 0 Å². The fourth-order valence-corrected chi connectivity index (χ4v) is 4.48. The maximum atomic E-state index is 6.41. The fraction of sp³-hybridized carbons (Fsp3) is 0.727. The van der Waals surface area contributed by atoms with Crippen LogP contribution in [0.4, 0.5) is 0 Å². The number of ether oxygens (including phenoxy) is 1. The molecule has 0 saturated heterocycles. The summed E-state index contributed by atoms with van der Waals surface area (Å²) < 4.78 is 6.41. The van der Waals surface area contributed by atoms with Gasteiger partial charge in [0.15, 0.2) is 0 Å². The third-order valence-electron chi connectivity index (χ3n) is 6.44. The van der Waals surface area contributed by atoms with Gasteiger partial charge in [0.1, 0.15) is 11.9 Å². The molecule has 0 amide bonds. The predicted octanol–water partition coefficient (Wildman–Crippen LogP) is 6.64. The Labute approximate surface area is 143 Å². The van der Waals surface area contributed by atoms with Gasteiger partial charge in [-0.05, 0) is 55.1 Å². The van der Waals surface area contributed by atoms with Crippen LogP contribution in [-0.2, 0) is 10.8 Å². The highest BCUT2D eigenvalue weighted by Gasteiger charge is 2.40. The summed E-state index contributed by atoms with van der Waals surface area (Å²) in [6.45, 7) is 20.9. The minimum Gasteiger partial charge on any atom is -0.489 e. The zero-order valence-corrected chi connectivity index (χ0v) is 16.8. The highest BCUT2D eigenvalue weighted by atomic mass is 16.5. The number of rotatable bonds is 4. The molecule has 1 heteroatoms. The van der Waals surface area contributed by atoms with Gasteiger partial charge in [-0.15, -0.1) is 0 Å². The van der Waals surface area contributed by atoms with Gasteiger partial charge in [0, 0.05) is 17.0 Å². The molecule has 1 aromatic rings. The van der Waals surface area contributed by atoms with Crippen LogP contribution in [0.5, 0.6) is 5.75 Å². The lowest BCUT2D eigenvalue weighted by Gasteiger charge is -2.36. The van der Waals surface area contributed by atoms with E-state index in [-0.39, 0.29) is 16.9 Å². The maximum Gasteiger partial charge on any atom is 0.127 e. The van der Waals surface area contributed by atoms with Crippen LogP contribution in [0, 0.1) is 6.92 Å². The molecule has 1 heterocycles. The van der Waals surface area contributed by atoms with Crippen LogP contribution in [0.2, 0.25) is 0 Å². The third kappa shape index (κ3) is 2.81. The fourth-order valence-electron chi connectivity index (χ4n) is 4.48. The van der Waals surface area contributed by atoms with Gasteiger partial charge in [-0.3, -0.25) is 0 Å². The number of hydrogen-bond donors (Lipinski definition) is 0. The zero-order valence-electron chi connectivity index (χ0n) is 16.8. The molecule has 0 N–H and O–H groups in total. The summed E-state index contributed by atoms with van der Waals surface area (Å²) >= 11 is 0. The quantitative estimate of drug-likeness (QED) is 0.604. The lowest BCUT2D eigenvalue weighted by atomic mass is 9.68. The molecule has 130 valence electrons. The highest BCUT2D eigenvalue weighted by Crippen LogP contribution is 2.51. The first kappa shape index (κ1) is 18.4. The third-order valence-corrected chi connectivity index (χ3v) is 6.44. The van der Waals surface area contributed by atoms with Gasteiger partial charge >= 0.3 is 0 Å². The normalized spacial score (nSPS) is 21.3. The van der Waals surface area contributed by atoms with E-state index in [1.807, 2.05) is 0 Å². The lowest BCUT2D eigenvalue weighted by molar-refractivity contribution is 0.224. The topological polar surface area (TPSA) is 9.23 Å². The molecule has 0 spiro atoms. The average Bonchev–Trinajstić information content (AvgIpc) is 2.76. The predicted molar refractivity (Wildman–Crippen MR) is 101 cm³/mol. The standard InChI is InChI=1S/C22H36O/c1-10-22(11-2,12-3)19-15(5)18(21(7,8)9)13-17-14(4)16(6)23-20(17)19/h13-14,16H,10-12H2,1-9H3.